The van der Waals surface area contributed by atoms with Gasteiger partial charge in [-0.3, -0.25) is 0 Å². The number of aromatic nitrogens is 1. The Morgan fingerprint density at radius 1 is 0.571 bits per heavy atom. The molecule has 0 radical (unpaired) electrons. The van der Waals surface area contributed by atoms with Crippen molar-refractivity contribution >= 4 is 75.1 Å². The predicted octanol–water partition coefficient (Wildman–Crippen LogP) is 7.02. The van der Waals surface area contributed by atoms with Crippen molar-refractivity contribution in [2.75, 3.05) is 4.90 Å². The van der Waals surface area contributed by atoms with Crippen LogP contribution in [0.25, 0.3) is 44.1 Å². The van der Waals surface area contributed by atoms with Crippen LogP contribution in [0.5, 0.6) is 0 Å². The summed E-state index contributed by atoms with van der Waals surface area (Å²) in [5, 5.41) is 5.71. The van der Waals surface area contributed by atoms with Crippen LogP contribution in [0.3, 0.4) is 0 Å². The second kappa shape index (κ2) is 7.73. The van der Waals surface area contributed by atoms with Gasteiger partial charge in [0.1, 0.15) is 8.07 Å². The van der Waals surface area contributed by atoms with Crippen molar-refractivity contribution in [1.82, 2.24) is 4.48 Å². The van der Waals surface area contributed by atoms with E-state index in [0.29, 0.717) is 0 Å². The molecule has 1 aromatic heterocycles. The highest BCUT2D eigenvalue weighted by Gasteiger charge is 2.48. The minimum Gasteiger partial charge on any atom is -0.375 e. The highest BCUT2D eigenvalue weighted by Crippen LogP contribution is 2.47. The van der Waals surface area contributed by atoms with E-state index >= 15 is 0 Å². The van der Waals surface area contributed by atoms with Crippen molar-refractivity contribution in [1.29, 1.82) is 0 Å². The Morgan fingerprint density at radius 3 is 2.21 bits per heavy atom. The van der Waals surface area contributed by atoms with Gasteiger partial charge in [0.2, 0.25) is 0 Å². The summed E-state index contributed by atoms with van der Waals surface area (Å²) < 4.78 is 2.66. The van der Waals surface area contributed by atoms with Gasteiger partial charge in [-0.25, -0.2) is 0 Å². The maximum atomic E-state index is 2.66. The number of anilines is 3. The van der Waals surface area contributed by atoms with Gasteiger partial charge in [0.05, 0.1) is 0 Å². The van der Waals surface area contributed by atoms with E-state index in [4.69, 9.17) is 0 Å². The molecule has 6 aromatic carbocycles. The molecule has 7 aromatic rings. The lowest BCUT2D eigenvalue weighted by Crippen LogP contribution is -2.65. The lowest BCUT2D eigenvalue weighted by molar-refractivity contribution is 1.26. The van der Waals surface area contributed by atoms with E-state index in [1.807, 2.05) is 0 Å². The molecule has 0 fully saturated rings. The zero-order chi connectivity index (χ0) is 27.7. The van der Waals surface area contributed by atoms with Crippen LogP contribution in [0.15, 0.2) is 127 Å². The van der Waals surface area contributed by atoms with Gasteiger partial charge in [-0.05, 0) is 62.3 Å². The first-order valence-corrected chi connectivity index (χ1v) is 17.9. The standard InChI is InChI=1S/C38H27BN2Si/c1-42(2)34-20-9-8-19-32(34)40-33-23-25(24-12-4-3-5-13-24)22-29-28-16-10-15-27-26-14-6-7-18-31(26)41(37(27)28)39(36(29)33)30-17-11-21-35(42)38(30)40/h3-23H,1-2H3. The molecule has 4 heteroatoms. The van der Waals surface area contributed by atoms with Crippen LogP contribution in [-0.2, 0) is 0 Å². The first-order valence-electron chi connectivity index (χ1n) is 14.9. The van der Waals surface area contributed by atoms with Crippen molar-refractivity contribution in [3.8, 4) is 22.3 Å². The quantitative estimate of drug-likeness (QED) is 0.200. The molecule has 2 nitrogen and oxygen atoms in total. The Balaban J connectivity index is 1.44. The van der Waals surface area contributed by atoms with Crippen molar-refractivity contribution < 1.29 is 0 Å². The number of hydrogen-bond acceptors (Lipinski definition) is 1. The fraction of sp³-hybridized carbons (Fsp3) is 0.0526. The van der Waals surface area contributed by atoms with Gasteiger partial charge in [-0.15, -0.1) is 0 Å². The highest BCUT2D eigenvalue weighted by atomic mass is 28.3. The van der Waals surface area contributed by atoms with Crippen LogP contribution in [0.4, 0.5) is 17.1 Å². The number of benzene rings is 6. The zero-order valence-corrected chi connectivity index (χ0v) is 24.6. The normalized spacial score (nSPS) is 15.0. The second-order valence-corrected chi connectivity index (χ2v) is 16.9. The Kier molecular flexibility index (Phi) is 4.20. The molecule has 10 rings (SSSR count). The summed E-state index contributed by atoms with van der Waals surface area (Å²) in [5.74, 6) is 0. The summed E-state index contributed by atoms with van der Waals surface area (Å²) in [6.07, 6.45) is 0. The predicted molar refractivity (Wildman–Crippen MR) is 182 cm³/mol. The number of para-hydroxylation sites is 4. The minimum atomic E-state index is -1.95. The third kappa shape index (κ3) is 2.63. The van der Waals surface area contributed by atoms with Gasteiger partial charge in [0.15, 0.2) is 0 Å². The molecule has 0 atom stereocenters. The van der Waals surface area contributed by atoms with Crippen molar-refractivity contribution in [3.63, 3.8) is 0 Å². The molecule has 4 heterocycles. The molecule has 42 heavy (non-hydrogen) atoms. The van der Waals surface area contributed by atoms with Gasteiger partial charge in [-0.1, -0.05) is 116 Å². The fourth-order valence-corrected chi connectivity index (χ4v) is 11.3. The molecule has 0 amide bonds. The Bertz CT molecular complexity index is 2300. The van der Waals surface area contributed by atoms with Gasteiger partial charge < -0.3 is 9.38 Å². The van der Waals surface area contributed by atoms with Gasteiger partial charge >= 0.3 is 6.85 Å². The van der Waals surface area contributed by atoms with E-state index in [-0.39, 0.29) is 6.85 Å². The minimum absolute atomic E-state index is 0.110. The van der Waals surface area contributed by atoms with Crippen molar-refractivity contribution in [3.05, 3.63) is 127 Å². The second-order valence-electron chi connectivity index (χ2n) is 12.5. The molecule has 0 saturated heterocycles. The first kappa shape index (κ1) is 22.8. The number of nitrogens with zero attached hydrogens (tertiary/aromatic N) is 2. The smallest absolute Gasteiger partial charge is 0.333 e. The van der Waals surface area contributed by atoms with E-state index in [2.05, 4.69) is 150 Å². The Hall–Kier alpha value is -4.80. The van der Waals surface area contributed by atoms with Crippen molar-refractivity contribution in [2.24, 2.45) is 0 Å². The van der Waals surface area contributed by atoms with Crippen LogP contribution in [0, 0.1) is 0 Å². The molecule has 0 saturated carbocycles. The molecule has 3 aliphatic rings. The summed E-state index contributed by atoms with van der Waals surface area (Å²) in [6, 6.07) is 48.0. The lowest BCUT2D eigenvalue weighted by atomic mass is 9.45. The van der Waals surface area contributed by atoms with Gasteiger partial charge in [0, 0.05) is 44.4 Å². The molecule has 0 aliphatic carbocycles. The first-order chi connectivity index (χ1) is 20.6. The Labute approximate surface area is 246 Å². The third-order valence-electron chi connectivity index (χ3n) is 10.1. The molecule has 0 unspecified atom stereocenters. The number of fused-ring (bicyclic) bond motifs is 9. The molecular weight excluding hydrogens is 523 g/mol. The van der Waals surface area contributed by atoms with Crippen LogP contribution in [0.2, 0.25) is 13.1 Å². The summed E-state index contributed by atoms with van der Waals surface area (Å²) in [6.45, 7) is 5.16. The largest absolute Gasteiger partial charge is 0.375 e. The molecular formula is C38H27BN2Si. The van der Waals surface area contributed by atoms with Crippen LogP contribution < -0.4 is 26.2 Å². The molecule has 0 spiro atoms. The van der Waals surface area contributed by atoms with Crippen LogP contribution in [-0.4, -0.2) is 19.4 Å². The molecule has 0 N–H and O–H groups in total. The summed E-state index contributed by atoms with van der Waals surface area (Å²) in [7, 11) is -1.95. The molecule has 0 bridgehead atoms. The van der Waals surface area contributed by atoms with Crippen LogP contribution in [0.1, 0.15) is 0 Å². The van der Waals surface area contributed by atoms with E-state index < -0.39 is 8.07 Å². The van der Waals surface area contributed by atoms with Crippen molar-refractivity contribution in [2.45, 2.75) is 13.1 Å². The summed E-state index contributed by atoms with van der Waals surface area (Å²) in [5.41, 5.74) is 14.8. The van der Waals surface area contributed by atoms with E-state index in [0.717, 1.165) is 0 Å². The van der Waals surface area contributed by atoms with Crippen LogP contribution >= 0.6 is 0 Å². The average molecular weight is 551 g/mol. The average Bonchev–Trinajstić information content (AvgIpc) is 3.37. The molecule has 196 valence electrons. The number of rotatable bonds is 1. The summed E-state index contributed by atoms with van der Waals surface area (Å²) in [4.78, 5) is 2.62. The van der Waals surface area contributed by atoms with E-state index in [9.17, 15) is 0 Å². The maximum absolute atomic E-state index is 2.66. The van der Waals surface area contributed by atoms with Gasteiger partial charge in [-0.2, -0.15) is 0 Å². The SMILES string of the molecule is C[Si]1(C)c2ccccc2N2c3cc(-c4ccccc4)cc4c3B(c3cccc1c32)n1c2ccccc2c2cccc-4c21. The van der Waals surface area contributed by atoms with E-state index in [1.54, 1.807) is 0 Å². The molecule has 3 aliphatic heterocycles. The zero-order valence-electron chi connectivity index (χ0n) is 23.6. The number of hydrogen-bond donors (Lipinski definition) is 0. The summed E-state index contributed by atoms with van der Waals surface area (Å²) >= 11 is 0. The van der Waals surface area contributed by atoms with Gasteiger partial charge in [0.25, 0.3) is 0 Å². The fourth-order valence-electron chi connectivity index (χ4n) is 8.34. The topological polar surface area (TPSA) is 8.17 Å². The lowest BCUT2D eigenvalue weighted by Gasteiger charge is -2.47. The van der Waals surface area contributed by atoms with E-state index in [1.165, 1.54) is 82.4 Å². The monoisotopic (exact) mass is 550 g/mol. The maximum Gasteiger partial charge on any atom is 0.333 e. The third-order valence-corrected chi connectivity index (χ3v) is 13.7. The highest BCUT2D eigenvalue weighted by molar-refractivity contribution is 7.04. The Morgan fingerprint density at radius 2 is 1.31 bits per heavy atom.